The van der Waals surface area contributed by atoms with Crippen LogP contribution in [0.3, 0.4) is 0 Å². The van der Waals surface area contributed by atoms with Gasteiger partial charge in [0.15, 0.2) is 0 Å². The summed E-state index contributed by atoms with van der Waals surface area (Å²) in [7, 11) is 3.56. The molecule has 2 bridgehead atoms. The molecule has 32 heavy (non-hydrogen) atoms. The highest BCUT2D eigenvalue weighted by Crippen LogP contribution is 2.48. The van der Waals surface area contributed by atoms with E-state index in [0.717, 1.165) is 40.1 Å². The summed E-state index contributed by atoms with van der Waals surface area (Å²) in [5.74, 6) is 1.17. The topological polar surface area (TPSA) is 80.6 Å². The number of carbonyl (C=O) groups is 2. The first-order chi connectivity index (χ1) is 15.4. The number of carboxylic acids is 1. The minimum Gasteiger partial charge on any atom is -0.496 e. The van der Waals surface area contributed by atoms with Crippen LogP contribution in [-0.2, 0) is 18.3 Å². The van der Waals surface area contributed by atoms with E-state index in [-0.39, 0.29) is 17.4 Å². The number of ether oxygens (including phenoxy) is 1. The zero-order valence-corrected chi connectivity index (χ0v) is 18.4. The molecule has 1 amide bonds. The molecule has 2 aromatic carbocycles. The second-order valence-electron chi connectivity index (χ2n) is 9.28. The number of nitrogens with zero attached hydrogens (tertiary/aromatic N) is 1. The van der Waals surface area contributed by atoms with Crippen LogP contribution in [0.5, 0.6) is 5.75 Å². The highest BCUT2D eigenvalue weighted by molar-refractivity contribution is 5.96. The van der Waals surface area contributed by atoms with E-state index in [1.54, 1.807) is 19.2 Å². The molecule has 6 heteroatoms. The molecule has 0 spiro atoms. The second kappa shape index (κ2) is 8.01. The van der Waals surface area contributed by atoms with Gasteiger partial charge in [0.2, 0.25) is 5.91 Å². The summed E-state index contributed by atoms with van der Waals surface area (Å²) >= 11 is 0. The van der Waals surface area contributed by atoms with Gasteiger partial charge in [-0.15, -0.1) is 0 Å². The fraction of sp³-hybridized carbons (Fsp3) is 0.385. The van der Waals surface area contributed by atoms with Gasteiger partial charge in [0.05, 0.1) is 12.7 Å². The molecule has 2 aliphatic carbocycles. The number of carbonyl (C=O) groups excluding carboxylic acids is 1. The molecular formula is C26H28N2O4. The number of benzene rings is 2. The number of aromatic carboxylic acids is 1. The predicted molar refractivity (Wildman–Crippen MR) is 123 cm³/mol. The van der Waals surface area contributed by atoms with Crippen LogP contribution in [0.4, 0.5) is 5.69 Å². The third-order valence-electron chi connectivity index (χ3n) is 7.33. The molecule has 1 aromatic heterocycles. The van der Waals surface area contributed by atoms with Crippen molar-refractivity contribution in [3.8, 4) is 5.75 Å². The van der Waals surface area contributed by atoms with Crippen molar-refractivity contribution in [2.75, 3.05) is 12.4 Å². The number of methoxy groups -OCH3 is 1. The number of amides is 1. The summed E-state index contributed by atoms with van der Waals surface area (Å²) in [6.07, 6.45) is 7.39. The highest BCUT2D eigenvalue weighted by atomic mass is 16.5. The van der Waals surface area contributed by atoms with E-state index in [1.807, 2.05) is 31.3 Å². The van der Waals surface area contributed by atoms with Crippen molar-refractivity contribution in [3.63, 3.8) is 0 Å². The van der Waals surface area contributed by atoms with Gasteiger partial charge in [-0.3, -0.25) is 4.79 Å². The van der Waals surface area contributed by atoms with E-state index >= 15 is 0 Å². The van der Waals surface area contributed by atoms with E-state index in [4.69, 9.17) is 4.74 Å². The lowest BCUT2D eigenvalue weighted by Gasteiger charge is -2.20. The molecule has 2 N–H and O–H groups in total. The van der Waals surface area contributed by atoms with Crippen molar-refractivity contribution < 1.29 is 19.4 Å². The largest absolute Gasteiger partial charge is 0.496 e. The van der Waals surface area contributed by atoms with E-state index < -0.39 is 5.97 Å². The fourth-order valence-corrected chi connectivity index (χ4v) is 5.72. The minimum atomic E-state index is -0.976. The first kappa shape index (κ1) is 20.6. The molecule has 2 aliphatic rings. The van der Waals surface area contributed by atoms with Crippen LogP contribution in [0.1, 0.15) is 47.2 Å². The maximum Gasteiger partial charge on any atom is 0.335 e. The van der Waals surface area contributed by atoms with Crippen LogP contribution in [0.15, 0.2) is 42.6 Å². The maximum absolute atomic E-state index is 12.9. The Balaban J connectivity index is 1.42. The van der Waals surface area contributed by atoms with Gasteiger partial charge in [-0.25, -0.2) is 4.79 Å². The van der Waals surface area contributed by atoms with E-state index in [9.17, 15) is 14.7 Å². The van der Waals surface area contributed by atoms with Gasteiger partial charge in [-0.1, -0.05) is 12.5 Å². The van der Waals surface area contributed by atoms with Gasteiger partial charge < -0.3 is 19.7 Å². The summed E-state index contributed by atoms with van der Waals surface area (Å²) in [5.41, 5.74) is 4.13. The summed E-state index contributed by atoms with van der Waals surface area (Å²) in [6, 6.07) is 11.0. The zero-order chi connectivity index (χ0) is 22.4. The third-order valence-corrected chi connectivity index (χ3v) is 7.33. The van der Waals surface area contributed by atoms with Crippen LogP contribution in [0.2, 0.25) is 0 Å². The van der Waals surface area contributed by atoms with Crippen LogP contribution in [0, 0.1) is 17.8 Å². The molecule has 0 radical (unpaired) electrons. The zero-order valence-electron chi connectivity index (χ0n) is 18.4. The Morgan fingerprint density at radius 1 is 1.12 bits per heavy atom. The summed E-state index contributed by atoms with van der Waals surface area (Å²) in [4.78, 5) is 24.2. The molecule has 1 heterocycles. The second-order valence-corrected chi connectivity index (χ2v) is 9.28. The normalized spacial score (nSPS) is 21.8. The lowest BCUT2D eigenvalue weighted by atomic mass is 9.88. The Labute approximate surface area is 187 Å². The van der Waals surface area contributed by atoms with Crippen LogP contribution >= 0.6 is 0 Å². The molecule has 2 fully saturated rings. The first-order valence-electron chi connectivity index (χ1n) is 11.2. The molecule has 3 aromatic rings. The molecular weight excluding hydrogens is 404 g/mol. The lowest BCUT2D eigenvalue weighted by molar-refractivity contribution is -0.121. The fourth-order valence-electron chi connectivity index (χ4n) is 5.72. The monoisotopic (exact) mass is 432 g/mol. The SMILES string of the molecule is COc1cc(C(=O)O)ccc1Cc1cn(C)c2ccc(NC(=O)C3CC4CCC3C4)cc12. The Morgan fingerprint density at radius 2 is 1.97 bits per heavy atom. The summed E-state index contributed by atoms with van der Waals surface area (Å²) in [5, 5.41) is 13.5. The van der Waals surface area contributed by atoms with Crippen molar-refractivity contribution >= 4 is 28.5 Å². The standard InChI is InChI=1S/C26H28N2O4/c1-28-14-19(11-17-5-6-18(26(30)31)12-24(17)32-2)21-13-20(7-8-23(21)28)27-25(29)22-10-15-3-4-16(22)9-15/h5-8,12-16,22H,3-4,9-11H2,1-2H3,(H,27,29)(H,30,31). The molecule has 2 saturated carbocycles. The van der Waals surface area contributed by atoms with E-state index in [1.165, 1.54) is 19.3 Å². The molecule has 3 unspecified atom stereocenters. The van der Waals surface area contributed by atoms with Gasteiger partial charge in [0.1, 0.15) is 5.75 Å². The smallest absolute Gasteiger partial charge is 0.335 e. The van der Waals surface area contributed by atoms with Crippen LogP contribution in [0.25, 0.3) is 10.9 Å². The van der Waals surface area contributed by atoms with E-state index in [2.05, 4.69) is 16.1 Å². The van der Waals surface area contributed by atoms with Crippen molar-refractivity contribution in [2.45, 2.75) is 32.1 Å². The van der Waals surface area contributed by atoms with Crippen molar-refractivity contribution in [1.29, 1.82) is 0 Å². The number of nitrogens with one attached hydrogen (secondary N) is 1. The van der Waals surface area contributed by atoms with Crippen molar-refractivity contribution in [2.24, 2.45) is 24.8 Å². The highest BCUT2D eigenvalue weighted by Gasteiger charge is 2.43. The number of anilines is 1. The van der Waals surface area contributed by atoms with Crippen molar-refractivity contribution in [1.82, 2.24) is 4.57 Å². The molecule has 6 nitrogen and oxygen atoms in total. The average Bonchev–Trinajstić information content (AvgIpc) is 3.49. The molecule has 0 saturated heterocycles. The Morgan fingerprint density at radius 3 is 2.66 bits per heavy atom. The van der Waals surface area contributed by atoms with Gasteiger partial charge in [0.25, 0.3) is 0 Å². The van der Waals surface area contributed by atoms with Crippen LogP contribution < -0.4 is 10.1 Å². The molecule has 5 rings (SSSR count). The number of rotatable bonds is 6. The number of hydrogen-bond donors (Lipinski definition) is 2. The molecule has 3 atom stereocenters. The number of aromatic nitrogens is 1. The minimum absolute atomic E-state index is 0.150. The summed E-state index contributed by atoms with van der Waals surface area (Å²) < 4.78 is 7.53. The molecule has 166 valence electrons. The third kappa shape index (κ3) is 3.64. The van der Waals surface area contributed by atoms with Gasteiger partial charge >= 0.3 is 5.97 Å². The summed E-state index contributed by atoms with van der Waals surface area (Å²) in [6.45, 7) is 0. The van der Waals surface area contributed by atoms with Crippen LogP contribution in [-0.4, -0.2) is 28.7 Å². The number of fused-ring (bicyclic) bond motifs is 3. The number of aryl methyl sites for hydroxylation is 1. The average molecular weight is 433 g/mol. The number of carboxylic acid groups (broad SMARTS) is 1. The van der Waals surface area contributed by atoms with E-state index in [0.29, 0.717) is 18.1 Å². The van der Waals surface area contributed by atoms with Gasteiger partial charge in [0, 0.05) is 42.2 Å². The van der Waals surface area contributed by atoms with Crippen molar-refractivity contribution in [3.05, 3.63) is 59.3 Å². The molecule has 0 aliphatic heterocycles. The van der Waals surface area contributed by atoms with Gasteiger partial charge in [-0.05, 0) is 72.6 Å². The Kier molecular flexibility index (Phi) is 5.16. The Hall–Kier alpha value is -3.28. The van der Waals surface area contributed by atoms with Gasteiger partial charge in [-0.2, -0.15) is 0 Å². The Bertz CT molecular complexity index is 1210. The maximum atomic E-state index is 12.9. The predicted octanol–water partition coefficient (Wildman–Crippen LogP) is 4.85. The lowest BCUT2D eigenvalue weighted by Crippen LogP contribution is -2.27. The first-order valence-corrected chi connectivity index (χ1v) is 11.2. The quantitative estimate of drug-likeness (QED) is 0.583. The number of hydrogen-bond acceptors (Lipinski definition) is 3.